The minimum Gasteiger partial charge on any atom is -0.366 e. The van der Waals surface area contributed by atoms with E-state index in [2.05, 4.69) is 21.6 Å². The topological polar surface area (TPSA) is 132 Å². The third-order valence-electron chi connectivity index (χ3n) is 8.06. The minimum atomic E-state index is -0.337. The van der Waals surface area contributed by atoms with E-state index in [1.807, 2.05) is 41.3 Å². The highest BCUT2D eigenvalue weighted by atomic mass is 16.2. The summed E-state index contributed by atoms with van der Waals surface area (Å²) in [6, 6.07) is 23.8. The highest BCUT2D eigenvalue weighted by Crippen LogP contribution is 2.30. The van der Waals surface area contributed by atoms with Crippen molar-refractivity contribution in [3.8, 4) is 6.07 Å². The Balaban J connectivity index is 1.31. The summed E-state index contributed by atoms with van der Waals surface area (Å²) in [5.74, 6) is -0.436. The third-order valence-corrected chi connectivity index (χ3v) is 8.06. The zero-order valence-corrected chi connectivity index (χ0v) is 23.6. The van der Waals surface area contributed by atoms with Crippen LogP contribution >= 0.6 is 0 Å². The van der Waals surface area contributed by atoms with Crippen LogP contribution in [0.3, 0.4) is 0 Å². The van der Waals surface area contributed by atoms with Crippen LogP contribution in [0.2, 0.25) is 0 Å². The van der Waals surface area contributed by atoms with Crippen LogP contribution < -0.4 is 21.3 Å². The molecule has 1 saturated heterocycles. The molecular weight excluding hydrogens is 528 g/mol. The van der Waals surface area contributed by atoms with E-state index in [-0.39, 0.29) is 29.8 Å². The van der Waals surface area contributed by atoms with Crippen molar-refractivity contribution in [2.45, 2.75) is 44.2 Å². The number of hydrogen-bond acceptors (Lipinski definition) is 6. The molecule has 0 spiro atoms. The van der Waals surface area contributed by atoms with Crippen LogP contribution in [0, 0.1) is 11.3 Å². The number of piperazine rings is 1. The number of rotatable bonds is 7. The van der Waals surface area contributed by atoms with Crippen LogP contribution in [0.5, 0.6) is 0 Å². The Hall–Kier alpha value is -4.68. The minimum absolute atomic E-state index is 0.0789. The molecule has 1 aliphatic carbocycles. The number of nitrogens with one attached hydrogen (secondary N) is 2. The number of carbonyl (C=O) groups is 3. The van der Waals surface area contributed by atoms with Crippen LogP contribution in [-0.2, 0) is 11.2 Å². The van der Waals surface area contributed by atoms with Gasteiger partial charge in [0.15, 0.2) is 0 Å². The number of nitrogens with zero attached hydrogens (tertiary/aromatic N) is 3. The van der Waals surface area contributed by atoms with Crippen LogP contribution in [0.15, 0.2) is 72.8 Å². The molecule has 1 aliphatic heterocycles. The molecule has 0 bridgehead atoms. The fraction of sp³-hybridized carbons (Fsp3) is 0.333. The standard InChI is InChI=1S/C33H36N6O3/c34-22-24-6-8-25(9-7-24)32(41)37-29-21-26(33(42)36-28-13-11-27(35)12-14-28)10-15-30(29)38-16-18-39(19-17-38)31(40)20-23-4-2-1-3-5-23/h1-10,15,21,27-28H,11-14,16-20,35H2,(H,36,42)(H,37,41). The molecular formula is C33H36N6O3. The van der Waals surface area contributed by atoms with Crippen LogP contribution in [0.25, 0.3) is 0 Å². The molecule has 2 fully saturated rings. The second kappa shape index (κ2) is 13.3. The molecule has 3 aromatic rings. The summed E-state index contributed by atoms with van der Waals surface area (Å²) in [6.07, 6.45) is 3.83. The number of amides is 3. The van der Waals surface area contributed by atoms with Crippen molar-refractivity contribution in [1.82, 2.24) is 10.2 Å². The van der Waals surface area contributed by atoms with Crippen molar-refractivity contribution in [2.24, 2.45) is 5.73 Å². The number of anilines is 2. The molecule has 0 atom stereocenters. The van der Waals surface area contributed by atoms with E-state index in [9.17, 15) is 14.4 Å². The maximum absolute atomic E-state index is 13.2. The lowest BCUT2D eigenvalue weighted by Crippen LogP contribution is -2.49. The number of nitrogens with two attached hydrogens (primary N) is 1. The van der Waals surface area contributed by atoms with Gasteiger partial charge in [0.1, 0.15) is 0 Å². The predicted molar refractivity (Wildman–Crippen MR) is 162 cm³/mol. The normalized spacial score (nSPS) is 18.6. The average Bonchev–Trinajstić information content (AvgIpc) is 3.02. The van der Waals surface area contributed by atoms with Gasteiger partial charge in [-0.1, -0.05) is 30.3 Å². The molecule has 2 aliphatic rings. The molecule has 4 N–H and O–H groups in total. The molecule has 1 heterocycles. The molecule has 5 rings (SSSR count). The first-order chi connectivity index (χ1) is 20.4. The highest BCUT2D eigenvalue weighted by Gasteiger charge is 2.25. The lowest BCUT2D eigenvalue weighted by atomic mass is 9.91. The summed E-state index contributed by atoms with van der Waals surface area (Å²) in [6.45, 7) is 2.30. The first kappa shape index (κ1) is 28.8. The summed E-state index contributed by atoms with van der Waals surface area (Å²) in [5, 5.41) is 15.2. The molecule has 42 heavy (non-hydrogen) atoms. The Kier molecular flexibility index (Phi) is 9.15. The Morgan fingerprint density at radius 1 is 0.833 bits per heavy atom. The first-order valence-electron chi connectivity index (χ1n) is 14.5. The van der Waals surface area contributed by atoms with Gasteiger partial charge in [-0.15, -0.1) is 0 Å². The maximum atomic E-state index is 13.2. The van der Waals surface area contributed by atoms with Crippen molar-refractivity contribution in [1.29, 1.82) is 5.26 Å². The van der Waals surface area contributed by atoms with Crippen molar-refractivity contribution in [3.63, 3.8) is 0 Å². The van der Waals surface area contributed by atoms with E-state index < -0.39 is 0 Å². The maximum Gasteiger partial charge on any atom is 0.255 e. The molecule has 0 aromatic heterocycles. The number of benzene rings is 3. The van der Waals surface area contributed by atoms with Gasteiger partial charge < -0.3 is 26.2 Å². The Morgan fingerprint density at radius 2 is 1.50 bits per heavy atom. The Labute approximate surface area is 246 Å². The SMILES string of the molecule is N#Cc1ccc(C(=O)Nc2cc(C(=O)NC3CCC(N)CC3)ccc2N2CCN(C(=O)Cc3ccccc3)CC2)cc1. The van der Waals surface area contributed by atoms with Crippen molar-refractivity contribution in [3.05, 3.63) is 95.1 Å². The molecule has 0 unspecified atom stereocenters. The zero-order valence-electron chi connectivity index (χ0n) is 23.6. The van der Waals surface area contributed by atoms with E-state index in [0.29, 0.717) is 55.0 Å². The van der Waals surface area contributed by atoms with Gasteiger partial charge in [-0.3, -0.25) is 14.4 Å². The third kappa shape index (κ3) is 7.14. The second-order valence-electron chi connectivity index (χ2n) is 11.0. The summed E-state index contributed by atoms with van der Waals surface area (Å²) >= 11 is 0. The van der Waals surface area contributed by atoms with Gasteiger partial charge in [0.25, 0.3) is 11.8 Å². The summed E-state index contributed by atoms with van der Waals surface area (Å²) in [7, 11) is 0. The van der Waals surface area contributed by atoms with Gasteiger partial charge in [-0.2, -0.15) is 5.26 Å². The summed E-state index contributed by atoms with van der Waals surface area (Å²) in [4.78, 5) is 43.3. The summed E-state index contributed by atoms with van der Waals surface area (Å²) in [5.41, 5.74) is 9.65. The fourth-order valence-electron chi connectivity index (χ4n) is 5.56. The lowest BCUT2D eigenvalue weighted by Gasteiger charge is -2.37. The number of nitriles is 1. The average molecular weight is 565 g/mol. The van der Waals surface area contributed by atoms with Gasteiger partial charge in [0.2, 0.25) is 5.91 Å². The van der Waals surface area contributed by atoms with Crippen molar-refractivity contribution < 1.29 is 14.4 Å². The quantitative estimate of drug-likeness (QED) is 0.401. The van der Waals surface area contributed by atoms with E-state index in [1.54, 1.807) is 36.4 Å². The van der Waals surface area contributed by atoms with Gasteiger partial charge in [0.05, 0.1) is 29.4 Å². The number of carbonyl (C=O) groups excluding carboxylic acids is 3. The lowest BCUT2D eigenvalue weighted by molar-refractivity contribution is -0.130. The molecule has 216 valence electrons. The Morgan fingerprint density at radius 3 is 2.17 bits per heavy atom. The van der Waals surface area contributed by atoms with E-state index in [1.165, 1.54) is 0 Å². The zero-order chi connectivity index (χ0) is 29.5. The van der Waals surface area contributed by atoms with Gasteiger partial charge >= 0.3 is 0 Å². The van der Waals surface area contributed by atoms with E-state index >= 15 is 0 Å². The molecule has 9 nitrogen and oxygen atoms in total. The molecule has 3 aromatic carbocycles. The van der Waals surface area contributed by atoms with Gasteiger partial charge in [0, 0.05) is 49.4 Å². The van der Waals surface area contributed by atoms with Gasteiger partial charge in [-0.05, 0) is 73.7 Å². The van der Waals surface area contributed by atoms with E-state index in [4.69, 9.17) is 11.0 Å². The monoisotopic (exact) mass is 564 g/mol. The largest absolute Gasteiger partial charge is 0.366 e. The fourth-order valence-corrected chi connectivity index (χ4v) is 5.56. The Bertz CT molecular complexity index is 1450. The molecule has 0 radical (unpaired) electrons. The van der Waals surface area contributed by atoms with Crippen LogP contribution in [0.4, 0.5) is 11.4 Å². The van der Waals surface area contributed by atoms with Crippen molar-refractivity contribution >= 4 is 29.1 Å². The van der Waals surface area contributed by atoms with Crippen LogP contribution in [0.1, 0.15) is 57.5 Å². The molecule has 9 heteroatoms. The molecule has 1 saturated carbocycles. The highest BCUT2D eigenvalue weighted by molar-refractivity contribution is 6.07. The van der Waals surface area contributed by atoms with E-state index in [0.717, 1.165) is 36.9 Å². The van der Waals surface area contributed by atoms with Crippen LogP contribution in [-0.4, -0.2) is 60.9 Å². The first-order valence-corrected chi connectivity index (χ1v) is 14.5. The molecule has 3 amide bonds. The summed E-state index contributed by atoms with van der Waals surface area (Å²) < 4.78 is 0. The van der Waals surface area contributed by atoms with Gasteiger partial charge in [-0.25, -0.2) is 0 Å². The second-order valence-corrected chi connectivity index (χ2v) is 11.0. The number of hydrogen-bond donors (Lipinski definition) is 3. The van der Waals surface area contributed by atoms with Crippen molar-refractivity contribution in [2.75, 3.05) is 36.4 Å². The smallest absolute Gasteiger partial charge is 0.255 e. The predicted octanol–water partition coefficient (Wildman–Crippen LogP) is 3.70.